The third-order valence-corrected chi connectivity index (χ3v) is 9.64. The second-order valence-corrected chi connectivity index (χ2v) is 12.5. The first kappa shape index (κ1) is 29.4. The van der Waals surface area contributed by atoms with E-state index in [0.29, 0.717) is 42.9 Å². The van der Waals surface area contributed by atoms with Crippen LogP contribution in [0.4, 0.5) is 29.2 Å². The lowest BCUT2D eigenvalue weighted by Gasteiger charge is -2.43. The molecule has 0 saturated carbocycles. The predicted octanol–water partition coefficient (Wildman–Crippen LogP) is 4.40. The van der Waals surface area contributed by atoms with E-state index in [2.05, 4.69) is 25.1 Å². The molecule has 7 rings (SSSR count). The molecule has 0 amide bonds. The summed E-state index contributed by atoms with van der Waals surface area (Å²) < 4.78 is 72.0. The summed E-state index contributed by atoms with van der Waals surface area (Å²) in [6.07, 6.45) is -1.81. The quantitative estimate of drug-likeness (QED) is 0.405. The van der Waals surface area contributed by atoms with E-state index in [-0.39, 0.29) is 47.0 Å². The minimum Gasteiger partial charge on any atom is -0.472 e. The van der Waals surface area contributed by atoms with Gasteiger partial charge in [-0.2, -0.15) is 13.2 Å². The Morgan fingerprint density at radius 2 is 1.86 bits per heavy atom. The van der Waals surface area contributed by atoms with E-state index < -0.39 is 28.8 Å². The molecule has 4 aliphatic heterocycles. The van der Waals surface area contributed by atoms with Crippen LogP contribution in [0.2, 0.25) is 0 Å². The Morgan fingerprint density at radius 3 is 2.61 bits per heavy atom. The van der Waals surface area contributed by atoms with Gasteiger partial charge in [-0.25, -0.2) is 19.3 Å². The van der Waals surface area contributed by atoms with Crippen LogP contribution in [0.15, 0.2) is 6.07 Å². The first-order valence-electron chi connectivity index (χ1n) is 15.4. The number of morpholine rings is 1. The Balaban J connectivity index is 1.43. The van der Waals surface area contributed by atoms with Crippen LogP contribution in [0.25, 0.3) is 22.0 Å². The van der Waals surface area contributed by atoms with Crippen LogP contribution in [-0.4, -0.2) is 83.5 Å². The number of hydrogen-bond donors (Lipinski definition) is 2. The Hall–Kier alpha value is -3.29. The fourth-order valence-electron chi connectivity index (χ4n) is 7.66. The summed E-state index contributed by atoms with van der Waals surface area (Å²) in [4.78, 5) is 18.1. The second kappa shape index (κ2) is 11.0. The number of piperazine rings is 1. The number of aromatic nitrogens is 3. The number of nitrogen functional groups attached to an aromatic ring is 1. The maximum absolute atomic E-state index is 17.0. The molecule has 3 aromatic heterocycles. The van der Waals surface area contributed by atoms with Crippen molar-refractivity contribution in [3.63, 3.8) is 0 Å². The summed E-state index contributed by atoms with van der Waals surface area (Å²) in [6.45, 7) is 9.58. The van der Waals surface area contributed by atoms with Crippen molar-refractivity contribution in [2.75, 3.05) is 50.0 Å². The van der Waals surface area contributed by atoms with Gasteiger partial charge >= 0.3 is 6.18 Å². The molecule has 0 spiro atoms. The molecule has 3 fully saturated rings. The van der Waals surface area contributed by atoms with Gasteiger partial charge in [0, 0.05) is 48.4 Å². The number of nitrogens with one attached hydrogen (secondary N) is 1. The van der Waals surface area contributed by atoms with Gasteiger partial charge < -0.3 is 25.4 Å². The number of nitrogens with two attached hydrogens (primary N) is 1. The van der Waals surface area contributed by atoms with Gasteiger partial charge in [-0.15, -0.1) is 0 Å². The number of alkyl halides is 3. The fourth-order valence-corrected chi connectivity index (χ4v) is 7.66. The third-order valence-electron chi connectivity index (χ3n) is 9.64. The zero-order valence-corrected chi connectivity index (χ0v) is 25.1. The molecule has 13 heteroatoms. The Kier molecular flexibility index (Phi) is 7.32. The third kappa shape index (κ3) is 4.93. The number of rotatable bonds is 5. The van der Waals surface area contributed by atoms with Gasteiger partial charge in [0.1, 0.15) is 23.4 Å². The zero-order valence-electron chi connectivity index (χ0n) is 25.1. The van der Waals surface area contributed by atoms with Crippen LogP contribution in [0.3, 0.4) is 0 Å². The van der Waals surface area contributed by atoms with Crippen molar-refractivity contribution >= 4 is 22.4 Å². The normalized spacial score (nSPS) is 25.2. The van der Waals surface area contributed by atoms with E-state index in [9.17, 15) is 13.2 Å². The van der Waals surface area contributed by atoms with Crippen molar-refractivity contribution in [2.24, 2.45) is 0 Å². The molecule has 2 bridgehead atoms. The number of aryl methyl sites for hydroxylation is 3. The summed E-state index contributed by atoms with van der Waals surface area (Å²) in [6, 6.07) is 1.36. The number of anilines is 2. The number of hydrogen-bond acceptors (Lipinski definition) is 9. The summed E-state index contributed by atoms with van der Waals surface area (Å²) in [7, 11) is 0. The van der Waals surface area contributed by atoms with Gasteiger partial charge in [0.25, 0.3) is 0 Å². The van der Waals surface area contributed by atoms with Gasteiger partial charge in [-0.3, -0.25) is 4.90 Å². The van der Waals surface area contributed by atoms with Crippen LogP contribution in [0, 0.1) is 19.7 Å². The van der Waals surface area contributed by atoms with E-state index in [0.717, 1.165) is 50.7 Å². The first-order valence-corrected chi connectivity index (χ1v) is 15.4. The number of pyridine rings is 3. The van der Waals surface area contributed by atoms with Crippen LogP contribution < -0.4 is 20.7 Å². The van der Waals surface area contributed by atoms with Crippen LogP contribution in [-0.2, 0) is 17.3 Å². The highest BCUT2D eigenvalue weighted by Gasteiger charge is 2.47. The van der Waals surface area contributed by atoms with Crippen molar-refractivity contribution in [1.82, 2.24) is 25.2 Å². The van der Waals surface area contributed by atoms with Crippen LogP contribution in [0.5, 0.6) is 5.88 Å². The Morgan fingerprint density at radius 1 is 1.09 bits per heavy atom. The molecular formula is C31H37F4N7O2. The zero-order chi connectivity index (χ0) is 30.9. The number of fused-ring (bicyclic) bond motifs is 5. The van der Waals surface area contributed by atoms with Crippen molar-refractivity contribution in [3.8, 4) is 17.1 Å². The molecule has 3 aromatic rings. The van der Waals surface area contributed by atoms with E-state index in [1.807, 2.05) is 6.92 Å². The number of halogens is 4. The molecule has 0 aliphatic carbocycles. The molecule has 0 radical (unpaired) electrons. The smallest absolute Gasteiger partial charge is 0.418 e. The SMILES string of the molecule is Cc1nc(N)cc(-c2nc3c4c(nc(CCCN5CCOCC5)c(C)c4c2F)N2C[C@H]4CC[C@H](N4)[C@H]2[C@H](C)O3)c1C(F)(F)F. The monoisotopic (exact) mass is 615 g/mol. The molecule has 236 valence electrons. The maximum Gasteiger partial charge on any atom is 0.418 e. The molecule has 7 heterocycles. The van der Waals surface area contributed by atoms with E-state index in [1.165, 1.54) is 6.92 Å². The standard InChI is InChI=1S/C31H37F4N7O2/c1-15-20(5-4-8-41-9-11-43-12-10-41)39-29-24-23(15)26(32)27(19-13-22(36)37-16(2)25(19)31(33,34)35)40-30(24)44-17(3)28-21-7-6-18(38-21)14-42(28)29/h13,17-18,21,28,38H,4-12,14H2,1-3H3,(H2,36,37)/t17-,18+,21-,28+/m0/s1. The molecule has 0 unspecified atom stereocenters. The van der Waals surface area contributed by atoms with Crippen molar-refractivity contribution in [2.45, 2.75) is 76.9 Å². The van der Waals surface area contributed by atoms with E-state index >= 15 is 4.39 Å². The highest BCUT2D eigenvalue weighted by Crippen LogP contribution is 2.47. The van der Waals surface area contributed by atoms with Gasteiger partial charge in [-0.05, 0) is 64.6 Å². The second-order valence-electron chi connectivity index (χ2n) is 12.5. The average Bonchev–Trinajstić information content (AvgIpc) is 3.29. The minimum absolute atomic E-state index is 0.0841. The molecule has 44 heavy (non-hydrogen) atoms. The lowest BCUT2D eigenvalue weighted by Crippen LogP contribution is -2.62. The van der Waals surface area contributed by atoms with Gasteiger partial charge in [0.05, 0.1) is 35.9 Å². The molecule has 9 nitrogen and oxygen atoms in total. The van der Waals surface area contributed by atoms with Crippen molar-refractivity contribution < 1.29 is 27.0 Å². The molecular weight excluding hydrogens is 578 g/mol. The average molecular weight is 616 g/mol. The lowest BCUT2D eigenvalue weighted by molar-refractivity contribution is -0.137. The maximum atomic E-state index is 17.0. The predicted molar refractivity (Wildman–Crippen MR) is 158 cm³/mol. The Bertz CT molecular complexity index is 1610. The highest BCUT2D eigenvalue weighted by molar-refractivity contribution is 6.01. The topological polar surface area (TPSA) is 102 Å². The summed E-state index contributed by atoms with van der Waals surface area (Å²) in [5.74, 6) is -0.320. The molecule has 4 aliphatic rings. The minimum atomic E-state index is -4.81. The molecule has 3 saturated heterocycles. The van der Waals surface area contributed by atoms with Crippen molar-refractivity contribution in [1.29, 1.82) is 0 Å². The molecule has 3 N–H and O–H groups in total. The largest absolute Gasteiger partial charge is 0.472 e. The fraction of sp³-hybridized carbons (Fsp3) is 0.581. The van der Waals surface area contributed by atoms with E-state index in [4.69, 9.17) is 20.2 Å². The summed E-state index contributed by atoms with van der Waals surface area (Å²) in [5.41, 5.74) is 4.90. The number of ether oxygens (including phenoxy) is 2. The highest BCUT2D eigenvalue weighted by atomic mass is 19.4. The lowest BCUT2D eigenvalue weighted by atomic mass is 9.96. The molecule has 0 aromatic carbocycles. The van der Waals surface area contributed by atoms with E-state index in [1.54, 1.807) is 6.92 Å². The van der Waals surface area contributed by atoms with Crippen molar-refractivity contribution in [3.05, 3.63) is 34.4 Å². The number of nitrogens with zero attached hydrogens (tertiary/aromatic N) is 5. The van der Waals surface area contributed by atoms with Gasteiger partial charge in [-0.1, -0.05) is 0 Å². The van der Waals surface area contributed by atoms with Gasteiger partial charge in [0.15, 0.2) is 5.82 Å². The Labute approximate surface area is 253 Å². The summed E-state index contributed by atoms with van der Waals surface area (Å²) in [5, 5.41) is 4.28. The van der Waals surface area contributed by atoms with Gasteiger partial charge in [0.2, 0.25) is 5.88 Å². The summed E-state index contributed by atoms with van der Waals surface area (Å²) >= 11 is 0. The first-order chi connectivity index (χ1) is 21.0. The van der Waals surface area contributed by atoms with Crippen LogP contribution >= 0.6 is 0 Å². The van der Waals surface area contributed by atoms with Crippen LogP contribution in [0.1, 0.15) is 48.7 Å². The molecule has 4 atom stereocenters.